The highest BCUT2D eigenvalue weighted by Crippen LogP contribution is 2.51. The summed E-state index contributed by atoms with van der Waals surface area (Å²) in [6, 6.07) is 39.3. The first-order chi connectivity index (χ1) is 16.3. The number of para-hydroxylation sites is 1. The van der Waals surface area contributed by atoms with Crippen molar-refractivity contribution in [3.05, 3.63) is 143 Å². The Morgan fingerprint density at radius 1 is 0.667 bits per heavy atom. The van der Waals surface area contributed by atoms with E-state index >= 15 is 0 Å². The summed E-state index contributed by atoms with van der Waals surface area (Å²) >= 11 is 0. The first-order valence-corrected chi connectivity index (χ1v) is 11.3. The summed E-state index contributed by atoms with van der Waals surface area (Å²) in [5.74, 6) is -0.171. The van der Waals surface area contributed by atoms with Crippen LogP contribution in [0.5, 0.6) is 0 Å². The van der Waals surface area contributed by atoms with Gasteiger partial charge >= 0.3 is 0 Å². The molecule has 33 heavy (non-hydrogen) atoms. The van der Waals surface area contributed by atoms with E-state index in [0.29, 0.717) is 0 Å². The second-order valence-electron chi connectivity index (χ2n) is 8.53. The second-order valence-corrected chi connectivity index (χ2v) is 8.53. The molecular formula is C31H23NO. The molecular weight excluding hydrogens is 402 g/mol. The van der Waals surface area contributed by atoms with Crippen LogP contribution in [0.2, 0.25) is 0 Å². The van der Waals surface area contributed by atoms with Gasteiger partial charge in [-0.3, -0.25) is 4.79 Å². The average Bonchev–Trinajstić information content (AvgIpc) is 3.34. The van der Waals surface area contributed by atoms with E-state index in [1.807, 2.05) is 42.5 Å². The van der Waals surface area contributed by atoms with E-state index in [4.69, 9.17) is 0 Å². The van der Waals surface area contributed by atoms with Crippen molar-refractivity contribution < 1.29 is 4.79 Å². The van der Waals surface area contributed by atoms with Gasteiger partial charge in [0, 0.05) is 23.5 Å². The van der Waals surface area contributed by atoms with Crippen LogP contribution in [-0.2, 0) is 7.05 Å². The molecule has 0 fully saturated rings. The summed E-state index contributed by atoms with van der Waals surface area (Å²) in [4.78, 5) is 14.2. The van der Waals surface area contributed by atoms with Gasteiger partial charge in [0.15, 0.2) is 5.78 Å². The van der Waals surface area contributed by atoms with Crippen molar-refractivity contribution >= 4 is 27.8 Å². The van der Waals surface area contributed by atoms with Crippen LogP contribution in [0.15, 0.2) is 115 Å². The molecule has 0 aliphatic heterocycles. The van der Waals surface area contributed by atoms with Crippen LogP contribution in [0.25, 0.3) is 22.0 Å². The van der Waals surface area contributed by atoms with Crippen LogP contribution in [0.1, 0.15) is 38.7 Å². The van der Waals surface area contributed by atoms with Crippen molar-refractivity contribution in [2.45, 2.75) is 5.92 Å². The number of Topliss-reactive ketones (excluding diaryl/α,β-unsaturated/α-hetero) is 1. The monoisotopic (exact) mass is 425 g/mol. The Bertz CT molecular complexity index is 1470. The molecule has 0 spiro atoms. The van der Waals surface area contributed by atoms with E-state index in [9.17, 15) is 4.79 Å². The fourth-order valence-corrected chi connectivity index (χ4v) is 5.28. The molecule has 0 radical (unpaired) electrons. The number of carbonyl (C=O) groups excluding carboxylic acids is 1. The van der Waals surface area contributed by atoms with Crippen molar-refractivity contribution in [3.63, 3.8) is 0 Å². The Labute approximate surface area is 193 Å². The molecule has 2 nitrogen and oxygen atoms in total. The van der Waals surface area contributed by atoms with E-state index < -0.39 is 0 Å². The number of aromatic nitrogens is 1. The van der Waals surface area contributed by atoms with Crippen LogP contribution in [-0.4, -0.2) is 10.4 Å². The smallest absolute Gasteiger partial charge is 0.177 e. The molecule has 0 amide bonds. The molecule has 1 heterocycles. The van der Waals surface area contributed by atoms with Gasteiger partial charge in [0.1, 0.15) is 0 Å². The van der Waals surface area contributed by atoms with Gasteiger partial charge in [-0.25, -0.2) is 0 Å². The number of benzene rings is 4. The highest BCUT2D eigenvalue weighted by molar-refractivity contribution is 6.27. The number of nitrogens with zero attached hydrogens (tertiary/aromatic N) is 1. The number of ketones is 1. The van der Waals surface area contributed by atoms with Crippen LogP contribution in [0.3, 0.4) is 0 Å². The van der Waals surface area contributed by atoms with Crippen molar-refractivity contribution in [1.29, 1.82) is 0 Å². The minimum absolute atomic E-state index is 0.173. The molecule has 5 aromatic rings. The lowest BCUT2D eigenvalue weighted by Gasteiger charge is -2.20. The zero-order valence-electron chi connectivity index (χ0n) is 18.4. The van der Waals surface area contributed by atoms with E-state index in [1.54, 1.807) is 0 Å². The molecule has 1 aliphatic rings. The van der Waals surface area contributed by atoms with Crippen molar-refractivity contribution in [2.75, 3.05) is 0 Å². The number of fused-ring (bicyclic) bond motifs is 3. The second kappa shape index (κ2) is 7.75. The highest BCUT2D eigenvalue weighted by atomic mass is 16.1. The number of hydrogen-bond donors (Lipinski definition) is 0. The van der Waals surface area contributed by atoms with Gasteiger partial charge in [0.2, 0.25) is 0 Å². The van der Waals surface area contributed by atoms with Crippen molar-refractivity contribution in [1.82, 2.24) is 4.57 Å². The Morgan fingerprint density at radius 2 is 1.18 bits per heavy atom. The number of aryl methyl sites for hydroxylation is 1. The molecule has 0 bridgehead atoms. The maximum absolute atomic E-state index is 14.2. The number of allylic oxidation sites excluding steroid dienone is 1. The standard InChI is InChI=1S/C31H23NO/c1-32-25-20-12-11-19-24(25)28-30(32)29(27(31(28)33)23-17-9-4-10-18-23)26(21-13-5-2-6-14-21)22-15-7-3-8-16-22/h2-20,27H,1H3. The first kappa shape index (κ1) is 19.5. The maximum Gasteiger partial charge on any atom is 0.177 e. The zero-order chi connectivity index (χ0) is 22.4. The summed E-state index contributed by atoms with van der Waals surface area (Å²) in [7, 11) is 2.08. The third kappa shape index (κ3) is 2.99. The van der Waals surface area contributed by atoms with Gasteiger partial charge in [-0.2, -0.15) is 0 Å². The molecule has 1 aromatic heterocycles. The van der Waals surface area contributed by atoms with E-state index in [2.05, 4.69) is 84.4 Å². The van der Waals surface area contributed by atoms with Gasteiger partial charge in [0.05, 0.1) is 17.2 Å². The first-order valence-electron chi connectivity index (χ1n) is 11.3. The van der Waals surface area contributed by atoms with Gasteiger partial charge in [-0.1, -0.05) is 109 Å². The average molecular weight is 426 g/mol. The molecule has 0 saturated carbocycles. The normalized spacial score (nSPS) is 15.1. The van der Waals surface area contributed by atoms with Crippen molar-refractivity contribution in [2.24, 2.45) is 7.05 Å². The number of carbonyl (C=O) groups is 1. The zero-order valence-corrected chi connectivity index (χ0v) is 18.4. The molecule has 158 valence electrons. The van der Waals surface area contributed by atoms with Gasteiger partial charge in [0.25, 0.3) is 0 Å². The summed E-state index contributed by atoms with van der Waals surface area (Å²) in [5, 5.41) is 1.02. The molecule has 1 aliphatic carbocycles. The fraction of sp³-hybridized carbons (Fsp3) is 0.0645. The summed E-state index contributed by atoms with van der Waals surface area (Å²) in [6.07, 6.45) is 0. The third-order valence-corrected chi connectivity index (χ3v) is 6.69. The van der Waals surface area contributed by atoms with Crippen molar-refractivity contribution in [3.8, 4) is 0 Å². The molecule has 4 aromatic carbocycles. The predicted octanol–water partition coefficient (Wildman–Crippen LogP) is 7.12. The van der Waals surface area contributed by atoms with Gasteiger partial charge in [-0.15, -0.1) is 0 Å². The minimum atomic E-state index is -0.345. The lowest BCUT2D eigenvalue weighted by Crippen LogP contribution is -2.09. The molecule has 1 unspecified atom stereocenters. The Balaban J connectivity index is 1.79. The summed E-state index contributed by atoms with van der Waals surface area (Å²) < 4.78 is 2.20. The van der Waals surface area contributed by atoms with Crippen LogP contribution in [0.4, 0.5) is 0 Å². The topological polar surface area (TPSA) is 22.0 Å². The molecule has 1 atom stereocenters. The molecule has 0 saturated heterocycles. The van der Waals surface area contributed by atoms with E-state index in [1.165, 1.54) is 0 Å². The summed E-state index contributed by atoms with van der Waals surface area (Å²) in [5.41, 5.74) is 8.40. The fourth-order valence-electron chi connectivity index (χ4n) is 5.28. The minimum Gasteiger partial charge on any atom is -0.343 e. The highest BCUT2D eigenvalue weighted by Gasteiger charge is 2.42. The Morgan fingerprint density at radius 3 is 1.79 bits per heavy atom. The van der Waals surface area contributed by atoms with E-state index in [0.717, 1.165) is 50.0 Å². The largest absolute Gasteiger partial charge is 0.343 e. The predicted molar refractivity (Wildman–Crippen MR) is 135 cm³/mol. The van der Waals surface area contributed by atoms with E-state index in [-0.39, 0.29) is 11.7 Å². The Hall–Kier alpha value is -4.17. The molecule has 0 N–H and O–H groups in total. The lowest BCUT2D eigenvalue weighted by atomic mass is 9.83. The quantitative estimate of drug-likeness (QED) is 0.302. The summed E-state index contributed by atoms with van der Waals surface area (Å²) in [6.45, 7) is 0. The third-order valence-electron chi connectivity index (χ3n) is 6.69. The Kier molecular flexibility index (Phi) is 4.58. The number of hydrogen-bond acceptors (Lipinski definition) is 1. The van der Waals surface area contributed by atoms with Crippen LogP contribution in [0, 0.1) is 0 Å². The SMILES string of the molecule is Cn1c2c(c3ccccc31)C(=O)C(c1ccccc1)C2=C(c1ccccc1)c1ccccc1. The maximum atomic E-state index is 14.2. The van der Waals surface area contributed by atoms with Crippen LogP contribution < -0.4 is 0 Å². The van der Waals surface area contributed by atoms with Crippen LogP contribution >= 0.6 is 0 Å². The van der Waals surface area contributed by atoms with Gasteiger partial charge < -0.3 is 4.57 Å². The lowest BCUT2D eigenvalue weighted by molar-refractivity contribution is 0.0988. The number of rotatable bonds is 3. The molecule has 6 rings (SSSR count). The van der Waals surface area contributed by atoms with Gasteiger partial charge in [-0.05, 0) is 28.3 Å². The molecule has 2 heteroatoms.